The predicted molar refractivity (Wildman–Crippen MR) is 119 cm³/mol. The second-order valence-electron chi connectivity index (χ2n) is 6.70. The molecule has 0 aliphatic heterocycles. The number of rotatable bonds is 11. The zero-order valence-corrected chi connectivity index (χ0v) is 18.2. The molecule has 2 aromatic carbocycles. The Hall–Kier alpha value is -2.47. The summed E-state index contributed by atoms with van der Waals surface area (Å²) >= 11 is 1.73. The fourth-order valence-corrected chi connectivity index (χ4v) is 4.01. The molecule has 1 atom stereocenters. The summed E-state index contributed by atoms with van der Waals surface area (Å²) in [6.45, 7) is 2.31. The molecule has 0 saturated heterocycles. The maximum absolute atomic E-state index is 13.0. The Labute approximate surface area is 177 Å². The molecule has 2 aromatic rings. The van der Waals surface area contributed by atoms with Gasteiger partial charge in [0.1, 0.15) is 11.8 Å². The first-order valence-corrected chi connectivity index (χ1v) is 11.0. The fraction of sp³-hybridized carbons (Fsp3) is 0.391. The summed E-state index contributed by atoms with van der Waals surface area (Å²) in [6.07, 6.45) is 0.960. The van der Waals surface area contributed by atoms with Crippen LogP contribution in [0.5, 0.6) is 5.75 Å². The maximum atomic E-state index is 13.0. The Morgan fingerprint density at radius 3 is 2.48 bits per heavy atom. The van der Waals surface area contributed by atoms with Crippen LogP contribution >= 0.6 is 11.8 Å². The molecule has 0 radical (unpaired) electrons. The van der Waals surface area contributed by atoms with E-state index < -0.39 is 6.04 Å². The summed E-state index contributed by atoms with van der Waals surface area (Å²) in [5.74, 6) is 2.18. The molecule has 0 aliphatic carbocycles. The molecule has 156 valence electrons. The van der Waals surface area contributed by atoms with Gasteiger partial charge in [-0.05, 0) is 29.7 Å². The van der Waals surface area contributed by atoms with E-state index in [1.165, 1.54) is 5.56 Å². The minimum Gasteiger partial charge on any atom is -0.497 e. The molecule has 0 aliphatic rings. The van der Waals surface area contributed by atoms with Gasteiger partial charge in [0.25, 0.3) is 0 Å². The number of thioether (sulfide) groups is 1. The van der Waals surface area contributed by atoms with Crippen molar-refractivity contribution in [1.82, 2.24) is 10.2 Å². The molecular weight excluding hydrogens is 384 g/mol. The Kier molecular flexibility index (Phi) is 9.57. The Morgan fingerprint density at radius 1 is 1.10 bits per heavy atom. The number of likely N-dealkylation sites (N-methyl/N-ethyl adjacent to an activating group) is 1. The van der Waals surface area contributed by atoms with Crippen LogP contribution in [0.4, 0.5) is 0 Å². The summed E-state index contributed by atoms with van der Waals surface area (Å²) in [6, 6.07) is 17.3. The summed E-state index contributed by atoms with van der Waals surface area (Å²) < 4.78 is 5.29. The molecule has 0 fully saturated rings. The smallest absolute Gasteiger partial charge is 0.242 e. The molecule has 2 amide bonds. The van der Waals surface area contributed by atoms with Gasteiger partial charge in [0.15, 0.2) is 0 Å². The van der Waals surface area contributed by atoms with Crippen molar-refractivity contribution in [2.45, 2.75) is 38.1 Å². The summed E-state index contributed by atoms with van der Waals surface area (Å²) in [5.41, 5.74) is 2.19. The first kappa shape index (κ1) is 22.8. The standard InChI is InChI=1S/C23H30N2O3S/c1-4-21(23(27)24-2)25(16-19-11-8-12-20(15-19)28-3)22(26)13-14-29-17-18-9-6-5-7-10-18/h5-12,15,21H,4,13-14,16-17H2,1-3H3,(H,24,27)/t21-/m1/s1. The van der Waals surface area contributed by atoms with Crippen LogP contribution in [0.15, 0.2) is 54.6 Å². The van der Waals surface area contributed by atoms with E-state index in [2.05, 4.69) is 17.4 Å². The van der Waals surface area contributed by atoms with Crippen molar-refractivity contribution in [3.8, 4) is 5.75 Å². The highest BCUT2D eigenvalue weighted by Gasteiger charge is 2.27. The topological polar surface area (TPSA) is 58.6 Å². The quantitative estimate of drug-likeness (QED) is 0.567. The average Bonchev–Trinajstić information content (AvgIpc) is 2.77. The summed E-state index contributed by atoms with van der Waals surface area (Å²) in [5, 5.41) is 2.69. The Morgan fingerprint density at radius 2 is 1.83 bits per heavy atom. The SMILES string of the molecule is CC[C@H](C(=O)NC)N(Cc1cccc(OC)c1)C(=O)CCSCc1ccccc1. The van der Waals surface area contributed by atoms with Crippen LogP contribution in [-0.2, 0) is 21.9 Å². The first-order valence-electron chi connectivity index (χ1n) is 9.84. The Balaban J connectivity index is 2.04. The van der Waals surface area contributed by atoms with Crippen LogP contribution in [0.2, 0.25) is 0 Å². The minimum absolute atomic E-state index is 0.0103. The number of carbonyl (C=O) groups is 2. The van der Waals surface area contributed by atoms with Crippen LogP contribution in [0.3, 0.4) is 0 Å². The highest BCUT2D eigenvalue weighted by molar-refractivity contribution is 7.98. The molecule has 5 nitrogen and oxygen atoms in total. The maximum Gasteiger partial charge on any atom is 0.242 e. The van der Waals surface area contributed by atoms with Gasteiger partial charge in [-0.25, -0.2) is 0 Å². The average molecular weight is 415 g/mol. The van der Waals surface area contributed by atoms with E-state index in [9.17, 15) is 9.59 Å². The second-order valence-corrected chi connectivity index (χ2v) is 7.80. The van der Waals surface area contributed by atoms with Gasteiger partial charge < -0.3 is 15.0 Å². The monoisotopic (exact) mass is 414 g/mol. The summed E-state index contributed by atoms with van der Waals surface area (Å²) in [7, 11) is 3.22. The normalized spacial score (nSPS) is 11.6. The molecule has 6 heteroatoms. The molecule has 29 heavy (non-hydrogen) atoms. The number of nitrogens with one attached hydrogen (secondary N) is 1. The van der Waals surface area contributed by atoms with Crippen LogP contribution < -0.4 is 10.1 Å². The third kappa shape index (κ3) is 7.13. The van der Waals surface area contributed by atoms with Gasteiger partial charge >= 0.3 is 0 Å². The Bertz CT molecular complexity index is 783. The van der Waals surface area contributed by atoms with E-state index in [1.807, 2.05) is 49.4 Å². The second kappa shape index (κ2) is 12.2. The van der Waals surface area contributed by atoms with Crippen molar-refractivity contribution < 1.29 is 14.3 Å². The number of nitrogens with zero attached hydrogens (tertiary/aromatic N) is 1. The van der Waals surface area contributed by atoms with E-state index >= 15 is 0 Å². The molecule has 2 rings (SSSR count). The van der Waals surface area contributed by atoms with Crippen molar-refractivity contribution in [1.29, 1.82) is 0 Å². The van der Waals surface area contributed by atoms with Crippen LogP contribution in [0.1, 0.15) is 30.9 Å². The van der Waals surface area contributed by atoms with Crippen molar-refractivity contribution >= 4 is 23.6 Å². The van der Waals surface area contributed by atoms with Gasteiger partial charge in [-0.15, -0.1) is 0 Å². The number of carbonyl (C=O) groups excluding carboxylic acids is 2. The van der Waals surface area contributed by atoms with Crippen molar-refractivity contribution in [3.63, 3.8) is 0 Å². The molecule has 0 spiro atoms. The number of ether oxygens (including phenoxy) is 1. The van der Waals surface area contributed by atoms with Crippen molar-refractivity contribution in [3.05, 3.63) is 65.7 Å². The molecule has 0 aromatic heterocycles. The third-order valence-electron chi connectivity index (χ3n) is 4.69. The lowest BCUT2D eigenvalue weighted by Crippen LogP contribution is -2.48. The lowest BCUT2D eigenvalue weighted by molar-refractivity contribution is -0.140. The van der Waals surface area contributed by atoms with Gasteiger partial charge in [0.05, 0.1) is 7.11 Å². The zero-order valence-electron chi connectivity index (χ0n) is 17.4. The lowest BCUT2D eigenvalue weighted by Gasteiger charge is -2.30. The van der Waals surface area contributed by atoms with E-state index in [0.717, 1.165) is 17.1 Å². The van der Waals surface area contributed by atoms with Gasteiger partial charge in [-0.3, -0.25) is 9.59 Å². The highest BCUT2D eigenvalue weighted by atomic mass is 32.2. The largest absolute Gasteiger partial charge is 0.497 e. The molecule has 1 N–H and O–H groups in total. The van der Waals surface area contributed by atoms with Crippen molar-refractivity contribution in [2.24, 2.45) is 0 Å². The number of hydrogen-bond acceptors (Lipinski definition) is 4. The van der Waals surface area contributed by atoms with E-state index in [0.29, 0.717) is 25.1 Å². The zero-order chi connectivity index (χ0) is 21.1. The first-order chi connectivity index (χ1) is 14.1. The number of hydrogen-bond donors (Lipinski definition) is 1. The summed E-state index contributed by atoms with van der Waals surface area (Å²) in [4.78, 5) is 27.1. The van der Waals surface area contributed by atoms with Gasteiger partial charge in [-0.1, -0.05) is 49.4 Å². The minimum atomic E-state index is -0.488. The molecule has 0 saturated carbocycles. The van der Waals surface area contributed by atoms with Crippen molar-refractivity contribution in [2.75, 3.05) is 19.9 Å². The number of methoxy groups -OCH3 is 1. The molecule has 0 bridgehead atoms. The van der Waals surface area contributed by atoms with Crippen LogP contribution in [0.25, 0.3) is 0 Å². The van der Waals surface area contributed by atoms with E-state index in [1.54, 1.807) is 30.8 Å². The fourth-order valence-electron chi connectivity index (χ4n) is 3.12. The molecular formula is C23H30N2O3S. The van der Waals surface area contributed by atoms with Gasteiger partial charge in [0.2, 0.25) is 11.8 Å². The molecule has 0 unspecified atom stereocenters. The predicted octanol–water partition coefficient (Wildman–Crippen LogP) is 3.87. The van der Waals surface area contributed by atoms with E-state index in [-0.39, 0.29) is 11.8 Å². The third-order valence-corrected chi connectivity index (χ3v) is 5.72. The highest BCUT2D eigenvalue weighted by Crippen LogP contribution is 2.19. The number of benzene rings is 2. The van der Waals surface area contributed by atoms with Crippen LogP contribution in [0, 0.1) is 0 Å². The van der Waals surface area contributed by atoms with E-state index in [4.69, 9.17) is 4.74 Å². The molecule has 0 heterocycles. The van der Waals surface area contributed by atoms with Gasteiger partial charge in [0, 0.05) is 31.5 Å². The lowest BCUT2D eigenvalue weighted by atomic mass is 10.1. The van der Waals surface area contributed by atoms with Gasteiger partial charge in [-0.2, -0.15) is 11.8 Å². The number of amides is 2. The van der Waals surface area contributed by atoms with Crippen LogP contribution in [-0.4, -0.2) is 42.7 Å².